The second-order valence-corrected chi connectivity index (χ2v) is 12.6. The van der Waals surface area contributed by atoms with E-state index >= 15 is 0 Å². The summed E-state index contributed by atoms with van der Waals surface area (Å²) in [4.78, 5) is 11.1. The smallest absolute Gasteiger partial charge is 0.550 e. The van der Waals surface area contributed by atoms with Crippen LogP contribution in [0.1, 0.15) is 6.42 Å². The Morgan fingerprint density at radius 2 is 0.912 bits per heavy atom. The molecule has 0 heterocycles. The Morgan fingerprint density at radius 3 is 1.18 bits per heavy atom. The van der Waals surface area contributed by atoms with Gasteiger partial charge in [-0.3, -0.25) is 0 Å². The van der Waals surface area contributed by atoms with Gasteiger partial charge in [0, 0.05) is 12.0 Å². The number of hydrogen-bond acceptors (Lipinski definition) is 3. The third-order valence-corrected chi connectivity index (χ3v) is 11.8. The summed E-state index contributed by atoms with van der Waals surface area (Å²) in [5.41, 5.74) is 0. The molecule has 3 nitrogen and oxygen atoms in total. The Kier molecular flexibility index (Phi) is 11.4. The van der Waals surface area contributed by atoms with Crippen LogP contribution in [-0.4, -0.2) is 18.2 Å². The molecule has 0 spiro atoms. The normalized spacial score (nSPS) is 10.8. The predicted octanol–water partition coefficient (Wildman–Crippen LogP) is 1.33. The molecule has 0 unspecified atom stereocenters. The zero-order chi connectivity index (χ0) is 22.9. The van der Waals surface area contributed by atoms with Crippen LogP contribution in [0.2, 0.25) is 0 Å². The summed E-state index contributed by atoms with van der Waals surface area (Å²) in [7, 11) is -1.59. The SMILES string of the molecule is O=C([O-])OCCC(P(c1ccccc1)c1ccccc1)P(c1ccccc1)c1ccccc1.[K+]. The van der Waals surface area contributed by atoms with E-state index in [1.165, 1.54) is 21.2 Å². The first-order valence-electron chi connectivity index (χ1n) is 10.9. The number of carboxylic acid groups (broad SMARTS) is 1. The summed E-state index contributed by atoms with van der Waals surface area (Å²) in [6.07, 6.45) is -0.861. The van der Waals surface area contributed by atoms with Gasteiger partial charge in [0.15, 0.2) is 0 Å². The molecule has 0 aromatic heterocycles. The van der Waals surface area contributed by atoms with Crippen molar-refractivity contribution in [1.29, 1.82) is 0 Å². The Morgan fingerprint density at radius 1 is 0.618 bits per heavy atom. The third kappa shape index (κ3) is 7.32. The maximum atomic E-state index is 11.1. The largest absolute Gasteiger partial charge is 1.00 e. The molecule has 4 rings (SSSR count). The number of benzene rings is 4. The van der Waals surface area contributed by atoms with E-state index in [9.17, 15) is 9.90 Å². The van der Waals surface area contributed by atoms with Gasteiger partial charge in [-0.05, 0) is 43.5 Å². The van der Waals surface area contributed by atoms with Crippen molar-refractivity contribution in [3.63, 3.8) is 0 Å². The first-order chi connectivity index (χ1) is 16.2. The molecule has 0 saturated heterocycles. The molecule has 34 heavy (non-hydrogen) atoms. The van der Waals surface area contributed by atoms with E-state index in [1.807, 2.05) is 24.3 Å². The maximum Gasteiger partial charge on any atom is 1.00 e. The van der Waals surface area contributed by atoms with E-state index in [4.69, 9.17) is 4.74 Å². The molecule has 0 radical (unpaired) electrons. The monoisotopic (exact) mass is 510 g/mol. The second kappa shape index (κ2) is 14.3. The average molecular weight is 511 g/mol. The van der Waals surface area contributed by atoms with Crippen LogP contribution in [0.4, 0.5) is 4.79 Å². The molecule has 0 atom stereocenters. The van der Waals surface area contributed by atoms with E-state index in [-0.39, 0.29) is 63.4 Å². The molecular weight excluding hydrogens is 485 g/mol. The van der Waals surface area contributed by atoms with Gasteiger partial charge in [0.1, 0.15) is 0 Å². The Bertz CT molecular complexity index is 967. The minimum atomic E-state index is -1.47. The molecule has 0 bridgehead atoms. The molecule has 0 aliphatic carbocycles. The average Bonchev–Trinajstić information content (AvgIpc) is 2.87. The number of hydrogen-bond donors (Lipinski definition) is 0. The second-order valence-electron chi connectivity index (χ2n) is 7.45. The maximum absolute atomic E-state index is 11.1. The van der Waals surface area contributed by atoms with Gasteiger partial charge in [-0.2, -0.15) is 0 Å². The van der Waals surface area contributed by atoms with Crippen molar-refractivity contribution in [2.75, 3.05) is 6.61 Å². The van der Waals surface area contributed by atoms with Gasteiger partial charge in [0.05, 0.1) is 0 Å². The van der Waals surface area contributed by atoms with Crippen molar-refractivity contribution in [3.8, 4) is 0 Å². The van der Waals surface area contributed by atoms with E-state index in [2.05, 4.69) is 97.1 Å². The van der Waals surface area contributed by atoms with E-state index in [0.717, 1.165) is 0 Å². The summed E-state index contributed by atoms with van der Waals surface area (Å²) in [5, 5.41) is 16.3. The summed E-state index contributed by atoms with van der Waals surface area (Å²) < 4.78 is 4.94. The summed E-state index contributed by atoms with van der Waals surface area (Å²) >= 11 is 0. The predicted molar refractivity (Wildman–Crippen MR) is 138 cm³/mol. The fourth-order valence-electron chi connectivity index (χ4n) is 3.96. The number of carbonyl (C=O) groups is 1. The third-order valence-electron chi connectivity index (χ3n) is 5.33. The fraction of sp³-hybridized carbons (Fsp3) is 0.107. The number of carbonyl (C=O) groups excluding carboxylic acids is 1. The first kappa shape index (κ1) is 27.2. The zero-order valence-electron chi connectivity index (χ0n) is 19.2. The van der Waals surface area contributed by atoms with Crippen molar-refractivity contribution in [2.45, 2.75) is 11.8 Å². The van der Waals surface area contributed by atoms with Crippen molar-refractivity contribution in [2.24, 2.45) is 0 Å². The van der Waals surface area contributed by atoms with Crippen LogP contribution in [0.3, 0.4) is 0 Å². The van der Waals surface area contributed by atoms with E-state index < -0.39 is 22.0 Å². The minimum Gasteiger partial charge on any atom is -0.550 e. The Hall–Kier alpha value is -1.35. The quantitative estimate of drug-likeness (QED) is 0.194. The van der Waals surface area contributed by atoms with Gasteiger partial charge in [-0.25, -0.2) is 0 Å². The standard InChI is InChI=1S/C28H26O3P2.K/c29-28(30)31-22-21-27(32(23-13-5-1-6-14-23)24-15-7-2-8-16-24)33(25-17-9-3-10-18-25)26-19-11-4-12-20-26;/h1-20,27H,21-22H2,(H,29,30);/q;+1/p-1. The minimum absolute atomic E-state index is 0. The van der Waals surface area contributed by atoms with Crippen molar-refractivity contribution >= 4 is 43.2 Å². The van der Waals surface area contributed by atoms with Gasteiger partial charge < -0.3 is 14.6 Å². The molecule has 166 valence electrons. The molecule has 6 heteroatoms. The van der Waals surface area contributed by atoms with Crippen molar-refractivity contribution < 1.29 is 66.0 Å². The van der Waals surface area contributed by atoms with Gasteiger partial charge in [-0.1, -0.05) is 121 Å². The molecular formula is C28H25KO3P2. The topological polar surface area (TPSA) is 49.4 Å². The van der Waals surface area contributed by atoms with Crippen LogP contribution in [0.5, 0.6) is 0 Å². The fourth-order valence-corrected chi connectivity index (χ4v) is 11.2. The van der Waals surface area contributed by atoms with Crippen molar-refractivity contribution in [3.05, 3.63) is 121 Å². The van der Waals surface area contributed by atoms with Crippen LogP contribution in [0.15, 0.2) is 121 Å². The first-order valence-corrected chi connectivity index (χ1v) is 13.7. The van der Waals surface area contributed by atoms with Crippen LogP contribution >= 0.6 is 15.8 Å². The molecule has 0 amide bonds. The van der Waals surface area contributed by atoms with Gasteiger partial charge in [0.2, 0.25) is 0 Å². The summed E-state index contributed by atoms with van der Waals surface area (Å²) in [6.45, 7) is 0.115. The van der Waals surface area contributed by atoms with E-state index in [1.54, 1.807) is 0 Å². The summed E-state index contributed by atoms with van der Waals surface area (Å²) in [6, 6.07) is 42.3. The van der Waals surface area contributed by atoms with Crippen LogP contribution < -0.4 is 77.7 Å². The van der Waals surface area contributed by atoms with Gasteiger partial charge >= 0.3 is 51.4 Å². The van der Waals surface area contributed by atoms with Gasteiger partial charge in [0.25, 0.3) is 6.16 Å². The molecule has 4 aromatic carbocycles. The van der Waals surface area contributed by atoms with Gasteiger partial charge in [-0.15, -0.1) is 0 Å². The zero-order valence-corrected chi connectivity index (χ0v) is 24.1. The Labute approximate surface area is 246 Å². The molecule has 0 aliphatic heterocycles. The van der Waals surface area contributed by atoms with Crippen LogP contribution in [0, 0.1) is 0 Å². The Balaban J connectivity index is 0.00000324. The molecule has 0 saturated carbocycles. The van der Waals surface area contributed by atoms with E-state index in [0.29, 0.717) is 6.42 Å². The number of ether oxygens (including phenoxy) is 1. The molecule has 4 aromatic rings. The molecule has 0 N–H and O–H groups in total. The van der Waals surface area contributed by atoms with Crippen LogP contribution in [-0.2, 0) is 4.74 Å². The molecule has 0 aliphatic rings. The molecule has 0 fully saturated rings. The van der Waals surface area contributed by atoms with Crippen molar-refractivity contribution in [1.82, 2.24) is 0 Å². The number of rotatable bonds is 9. The van der Waals surface area contributed by atoms with Crippen LogP contribution in [0.25, 0.3) is 0 Å². The summed E-state index contributed by atoms with van der Waals surface area (Å²) in [5.74, 6) is 0.